The maximum absolute atomic E-state index is 12.6. The molecule has 0 radical (unpaired) electrons. The van der Waals surface area contributed by atoms with Crippen LogP contribution in [0, 0.1) is 11.3 Å². The Morgan fingerprint density at radius 2 is 1.93 bits per heavy atom. The minimum Gasteiger partial charge on any atom is -0.497 e. The monoisotopic (exact) mass is 399 g/mol. The van der Waals surface area contributed by atoms with Crippen LogP contribution in [0.25, 0.3) is 0 Å². The molecule has 7 heteroatoms. The summed E-state index contributed by atoms with van der Waals surface area (Å²) >= 11 is 6.04. The molecule has 1 amide bonds. The van der Waals surface area contributed by atoms with E-state index in [9.17, 15) is 4.79 Å². The number of halogens is 1. The molecule has 1 heterocycles. The number of ether oxygens (including phenoxy) is 1. The number of piperazine rings is 1. The number of methoxy groups -OCH3 is 1. The molecular formula is C21H24ClN4O2+. The second kappa shape index (κ2) is 8.96. The highest BCUT2D eigenvalue weighted by atomic mass is 35.5. The molecule has 3 rings (SSSR count). The molecule has 1 aliphatic rings. The smallest absolute Gasteiger partial charge is 0.282 e. The lowest BCUT2D eigenvalue weighted by atomic mass is 10.1. The quantitative estimate of drug-likeness (QED) is 0.806. The lowest BCUT2D eigenvalue weighted by Gasteiger charge is -2.36. The summed E-state index contributed by atoms with van der Waals surface area (Å²) in [6.07, 6.45) is 0. The number of amides is 1. The Morgan fingerprint density at radius 3 is 2.50 bits per heavy atom. The van der Waals surface area contributed by atoms with Gasteiger partial charge < -0.3 is 19.9 Å². The van der Waals surface area contributed by atoms with Gasteiger partial charge in [-0.2, -0.15) is 5.26 Å². The molecule has 6 nitrogen and oxygen atoms in total. The molecule has 146 valence electrons. The summed E-state index contributed by atoms with van der Waals surface area (Å²) in [6.45, 7) is 5.49. The van der Waals surface area contributed by atoms with Crippen molar-refractivity contribution in [1.82, 2.24) is 0 Å². The zero-order valence-corrected chi connectivity index (χ0v) is 16.8. The fraction of sp³-hybridized carbons (Fsp3) is 0.333. The van der Waals surface area contributed by atoms with Crippen molar-refractivity contribution in [1.29, 1.82) is 5.26 Å². The molecule has 1 saturated heterocycles. The van der Waals surface area contributed by atoms with Crippen LogP contribution in [0.15, 0.2) is 42.5 Å². The molecule has 0 aromatic heterocycles. The van der Waals surface area contributed by atoms with Crippen molar-refractivity contribution < 1.29 is 14.4 Å². The van der Waals surface area contributed by atoms with Gasteiger partial charge in [0.25, 0.3) is 5.91 Å². The second-order valence-electron chi connectivity index (χ2n) is 6.86. The van der Waals surface area contributed by atoms with E-state index >= 15 is 0 Å². The fourth-order valence-electron chi connectivity index (χ4n) is 3.40. The van der Waals surface area contributed by atoms with E-state index in [2.05, 4.69) is 22.3 Å². The Hall–Kier alpha value is -2.75. The first-order valence-electron chi connectivity index (χ1n) is 9.26. The number of nitrogens with one attached hydrogen (secondary N) is 2. The normalized spacial score (nSPS) is 15.6. The Labute approximate surface area is 170 Å². The second-order valence-corrected chi connectivity index (χ2v) is 7.27. The molecule has 0 unspecified atom stereocenters. The van der Waals surface area contributed by atoms with Gasteiger partial charge >= 0.3 is 0 Å². The molecule has 2 N–H and O–H groups in total. The van der Waals surface area contributed by atoms with E-state index < -0.39 is 0 Å². The van der Waals surface area contributed by atoms with Gasteiger partial charge in [0.15, 0.2) is 6.04 Å². The van der Waals surface area contributed by atoms with E-state index in [0.717, 1.165) is 31.9 Å². The molecule has 0 aliphatic carbocycles. The number of anilines is 2. The van der Waals surface area contributed by atoms with Crippen molar-refractivity contribution in [2.24, 2.45) is 0 Å². The Balaban J connectivity index is 1.55. The number of nitrogens with zero attached hydrogens (tertiary/aromatic N) is 2. The van der Waals surface area contributed by atoms with Gasteiger partial charge in [-0.25, -0.2) is 0 Å². The molecule has 0 spiro atoms. The summed E-state index contributed by atoms with van der Waals surface area (Å²) in [5.41, 5.74) is 2.18. The number of hydrogen-bond donors (Lipinski definition) is 2. The highest BCUT2D eigenvalue weighted by Gasteiger charge is 2.29. The molecule has 1 atom stereocenters. The lowest BCUT2D eigenvalue weighted by Crippen LogP contribution is -3.19. The van der Waals surface area contributed by atoms with Gasteiger partial charge in [-0.3, -0.25) is 4.79 Å². The van der Waals surface area contributed by atoms with Gasteiger partial charge in [0.2, 0.25) is 0 Å². The van der Waals surface area contributed by atoms with Crippen LogP contribution in [0.3, 0.4) is 0 Å². The summed E-state index contributed by atoms with van der Waals surface area (Å²) in [7, 11) is 1.66. The largest absolute Gasteiger partial charge is 0.497 e. The summed E-state index contributed by atoms with van der Waals surface area (Å²) in [4.78, 5) is 16.2. The number of hydrogen-bond acceptors (Lipinski definition) is 4. The van der Waals surface area contributed by atoms with Crippen LogP contribution in [0.5, 0.6) is 5.75 Å². The van der Waals surface area contributed by atoms with Crippen molar-refractivity contribution in [2.75, 3.05) is 43.5 Å². The number of carbonyl (C=O) groups excluding carboxylic acids is 1. The Kier molecular flexibility index (Phi) is 6.40. The average molecular weight is 400 g/mol. The third-order valence-electron chi connectivity index (χ3n) is 5.21. The predicted octanol–water partition coefficient (Wildman–Crippen LogP) is 1.95. The molecule has 0 saturated carbocycles. The van der Waals surface area contributed by atoms with Gasteiger partial charge in [0.1, 0.15) is 11.8 Å². The van der Waals surface area contributed by atoms with Crippen LogP contribution in [-0.2, 0) is 4.79 Å². The van der Waals surface area contributed by atoms with Crippen molar-refractivity contribution in [2.45, 2.75) is 13.0 Å². The van der Waals surface area contributed by atoms with Gasteiger partial charge in [0, 0.05) is 11.4 Å². The summed E-state index contributed by atoms with van der Waals surface area (Å²) in [5.74, 6) is 0.801. The number of quaternary nitrogens is 1. The zero-order valence-electron chi connectivity index (χ0n) is 16.0. The van der Waals surface area contributed by atoms with E-state index in [0.29, 0.717) is 16.3 Å². The standard InChI is InChI=1S/C21H23ClN4O2/c1-15(21(27)24-17-4-3-16(14-23)20(22)13-17)25-9-11-26(12-10-25)18-5-7-19(28-2)8-6-18/h3-8,13,15H,9-12H2,1-2H3,(H,24,27)/p+1/t15-/m1/s1. The zero-order chi connectivity index (χ0) is 20.1. The van der Waals surface area contributed by atoms with Crippen molar-refractivity contribution >= 4 is 28.9 Å². The molecule has 28 heavy (non-hydrogen) atoms. The molecule has 2 aromatic carbocycles. The number of benzene rings is 2. The summed E-state index contributed by atoms with van der Waals surface area (Å²) in [5, 5.41) is 12.2. The number of carbonyl (C=O) groups is 1. The van der Waals surface area contributed by atoms with E-state index in [4.69, 9.17) is 21.6 Å². The van der Waals surface area contributed by atoms with Crippen LogP contribution in [0.2, 0.25) is 5.02 Å². The Morgan fingerprint density at radius 1 is 1.25 bits per heavy atom. The SMILES string of the molecule is COc1ccc(N2CC[NH+]([C@H](C)C(=O)Nc3ccc(C#N)c(Cl)c3)CC2)cc1. The van der Waals surface area contributed by atoms with Gasteiger partial charge in [0.05, 0.1) is 43.9 Å². The maximum atomic E-state index is 12.6. The lowest BCUT2D eigenvalue weighted by molar-refractivity contribution is -0.914. The van der Waals surface area contributed by atoms with Crippen molar-refractivity contribution in [3.63, 3.8) is 0 Å². The van der Waals surface area contributed by atoms with Crippen LogP contribution in [-0.4, -0.2) is 45.2 Å². The maximum Gasteiger partial charge on any atom is 0.282 e. The van der Waals surface area contributed by atoms with E-state index in [1.807, 2.05) is 25.1 Å². The molecule has 0 bridgehead atoms. The minimum atomic E-state index is -0.174. The van der Waals surface area contributed by atoms with Gasteiger partial charge in [-0.05, 0) is 49.4 Å². The van der Waals surface area contributed by atoms with E-state index in [1.54, 1.807) is 25.3 Å². The predicted molar refractivity (Wildman–Crippen MR) is 110 cm³/mol. The average Bonchev–Trinajstić information content (AvgIpc) is 2.73. The Bertz CT molecular complexity index is 871. The number of nitriles is 1. The molecule has 1 aliphatic heterocycles. The van der Waals surface area contributed by atoms with Crippen molar-refractivity contribution in [3.8, 4) is 11.8 Å². The molecule has 1 fully saturated rings. The summed E-state index contributed by atoms with van der Waals surface area (Å²) in [6, 6.07) is 14.8. The molecule has 2 aromatic rings. The number of rotatable bonds is 5. The van der Waals surface area contributed by atoms with Gasteiger partial charge in [-0.15, -0.1) is 0 Å². The third-order valence-corrected chi connectivity index (χ3v) is 5.52. The minimum absolute atomic E-state index is 0.0475. The van der Waals surface area contributed by atoms with Crippen LogP contribution in [0.4, 0.5) is 11.4 Å². The third kappa shape index (κ3) is 4.56. The highest BCUT2D eigenvalue weighted by Crippen LogP contribution is 2.21. The van der Waals surface area contributed by atoms with Crippen molar-refractivity contribution in [3.05, 3.63) is 53.1 Å². The van der Waals surface area contributed by atoms with E-state index in [-0.39, 0.29) is 11.9 Å². The first-order chi connectivity index (χ1) is 13.5. The highest BCUT2D eigenvalue weighted by molar-refractivity contribution is 6.32. The van der Waals surface area contributed by atoms with E-state index in [1.165, 1.54) is 10.6 Å². The fourth-order valence-corrected chi connectivity index (χ4v) is 3.62. The topological polar surface area (TPSA) is 69.8 Å². The first kappa shape index (κ1) is 20.0. The van der Waals surface area contributed by atoms with Gasteiger partial charge in [-0.1, -0.05) is 11.6 Å². The molecular weight excluding hydrogens is 376 g/mol. The van der Waals surface area contributed by atoms with Crippen LogP contribution < -0.4 is 19.9 Å². The van der Waals surface area contributed by atoms with Crippen LogP contribution in [0.1, 0.15) is 12.5 Å². The first-order valence-corrected chi connectivity index (χ1v) is 9.63. The van der Waals surface area contributed by atoms with Crippen LogP contribution >= 0.6 is 11.6 Å². The summed E-state index contributed by atoms with van der Waals surface area (Å²) < 4.78 is 5.21.